The predicted molar refractivity (Wildman–Crippen MR) is 128 cm³/mol. The molecule has 7 heteroatoms. The van der Waals surface area contributed by atoms with Gasteiger partial charge in [-0.15, -0.1) is 0 Å². The number of carbonyl (C=O) groups is 1. The van der Waals surface area contributed by atoms with Gasteiger partial charge < -0.3 is 20.4 Å². The molecule has 6 rings (SSSR count). The molecule has 3 N–H and O–H groups in total. The molecule has 4 heterocycles. The van der Waals surface area contributed by atoms with E-state index in [0.29, 0.717) is 35.7 Å². The van der Waals surface area contributed by atoms with Gasteiger partial charge in [-0.05, 0) is 60.2 Å². The van der Waals surface area contributed by atoms with E-state index < -0.39 is 5.82 Å². The number of benzene rings is 2. The zero-order valence-corrected chi connectivity index (χ0v) is 18.2. The Balaban J connectivity index is 1.53. The molecule has 0 fully saturated rings. The zero-order valence-electron chi connectivity index (χ0n) is 18.2. The number of anilines is 2. The summed E-state index contributed by atoms with van der Waals surface area (Å²) < 4.78 is 20.9. The maximum absolute atomic E-state index is 15.2. The van der Waals surface area contributed by atoms with Crippen LogP contribution in [0.5, 0.6) is 5.88 Å². The Kier molecular flexibility index (Phi) is 4.26. The maximum Gasteiger partial charge on any atom is 0.256 e. The van der Waals surface area contributed by atoms with Gasteiger partial charge in [-0.25, -0.2) is 9.37 Å². The van der Waals surface area contributed by atoms with E-state index in [9.17, 15) is 4.79 Å². The van der Waals surface area contributed by atoms with Crippen molar-refractivity contribution in [3.63, 3.8) is 0 Å². The monoisotopic (exact) mass is 440 g/mol. The Labute approximate surface area is 189 Å². The van der Waals surface area contributed by atoms with Crippen LogP contribution in [0.15, 0.2) is 42.6 Å². The topological polar surface area (TPSA) is 79.0 Å². The SMILES string of the molecule is Cc1c(-c2cc(F)c3c(c2C)/C(=C/c2cc4ccccc4[nH]2)C(=O)N3)cnc2c1NCCO2. The average molecular weight is 440 g/mol. The molecule has 4 aromatic rings. The minimum Gasteiger partial charge on any atom is -0.474 e. The van der Waals surface area contributed by atoms with Crippen molar-refractivity contribution in [3.8, 4) is 17.0 Å². The van der Waals surface area contributed by atoms with Crippen LogP contribution in [0.1, 0.15) is 22.4 Å². The summed E-state index contributed by atoms with van der Waals surface area (Å²) in [6.45, 7) is 5.12. The molecule has 0 spiro atoms. The summed E-state index contributed by atoms with van der Waals surface area (Å²) in [5, 5.41) is 7.08. The van der Waals surface area contributed by atoms with Crippen molar-refractivity contribution in [3.05, 3.63) is 70.8 Å². The highest BCUT2D eigenvalue weighted by molar-refractivity contribution is 6.35. The molecule has 0 aliphatic carbocycles. The van der Waals surface area contributed by atoms with Gasteiger partial charge in [0.25, 0.3) is 5.91 Å². The van der Waals surface area contributed by atoms with Crippen molar-refractivity contribution in [2.75, 3.05) is 23.8 Å². The summed E-state index contributed by atoms with van der Waals surface area (Å²) >= 11 is 0. The van der Waals surface area contributed by atoms with E-state index in [1.165, 1.54) is 6.07 Å². The van der Waals surface area contributed by atoms with E-state index in [1.54, 1.807) is 12.3 Å². The molecular weight excluding hydrogens is 419 g/mol. The summed E-state index contributed by atoms with van der Waals surface area (Å²) in [5.41, 5.74) is 7.05. The smallest absolute Gasteiger partial charge is 0.256 e. The van der Waals surface area contributed by atoms with Crippen molar-refractivity contribution in [2.24, 2.45) is 0 Å². The molecule has 2 aromatic carbocycles. The van der Waals surface area contributed by atoms with Crippen LogP contribution in [0.4, 0.5) is 15.8 Å². The van der Waals surface area contributed by atoms with E-state index in [4.69, 9.17) is 4.74 Å². The highest BCUT2D eigenvalue weighted by Crippen LogP contribution is 2.44. The molecule has 1 amide bonds. The van der Waals surface area contributed by atoms with E-state index in [2.05, 4.69) is 20.6 Å². The number of fused-ring (bicyclic) bond motifs is 3. The average Bonchev–Trinajstić information content (AvgIpc) is 3.38. The fraction of sp³-hybridized carbons (Fsp3) is 0.154. The Morgan fingerprint density at radius 3 is 2.79 bits per heavy atom. The Bertz CT molecular complexity index is 1470. The fourth-order valence-electron chi connectivity index (χ4n) is 4.74. The van der Waals surface area contributed by atoms with Gasteiger partial charge in [-0.3, -0.25) is 4.79 Å². The standard InChI is InChI=1S/C26H21FN4O2/c1-13-17(19-12-29-26-23(14(19)2)28-7-8-33-26)11-20(27)24-22(13)18(25(32)31-24)10-16-9-15-5-3-4-6-21(15)30-16/h3-6,9-12,28,30H,7-8H2,1-2H3,(H,31,32)/b18-10-. The third-order valence-corrected chi connectivity index (χ3v) is 6.38. The van der Waals surface area contributed by atoms with E-state index in [1.807, 2.05) is 44.2 Å². The van der Waals surface area contributed by atoms with Crippen LogP contribution in [0.3, 0.4) is 0 Å². The number of nitrogens with one attached hydrogen (secondary N) is 3. The molecule has 164 valence electrons. The van der Waals surface area contributed by atoms with Crippen LogP contribution in [0, 0.1) is 19.7 Å². The minimum absolute atomic E-state index is 0.216. The molecule has 2 aromatic heterocycles. The van der Waals surface area contributed by atoms with Gasteiger partial charge in [0.05, 0.1) is 11.3 Å². The first-order valence-electron chi connectivity index (χ1n) is 10.8. The summed E-state index contributed by atoms with van der Waals surface area (Å²) in [7, 11) is 0. The molecule has 0 unspecified atom stereocenters. The van der Waals surface area contributed by atoms with Crippen LogP contribution >= 0.6 is 0 Å². The highest BCUT2D eigenvalue weighted by atomic mass is 19.1. The van der Waals surface area contributed by atoms with Crippen LogP contribution in [0.2, 0.25) is 0 Å². The first-order chi connectivity index (χ1) is 16.0. The first-order valence-corrected chi connectivity index (χ1v) is 10.8. The van der Waals surface area contributed by atoms with E-state index >= 15 is 4.39 Å². The van der Waals surface area contributed by atoms with Gasteiger partial charge in [-0.1, -0.05) is 18.2 Å². The molecule has 0 radical (unpaired) electrons. The van der Waals surface area contributed by atoms with Crippen molar-refractivity contribution in [2.45, 2.75) is 13.8 Å². The summed E-state index contributed by atoms with van der Waals surface area (Å²) in [4.78, 5) is 20.6. The lowest BCUT2D eigenvalue weighted by Crippen LogP contribution is -2.20. The number of H-pyrrole nitrogens is 1. The van der Waals surface area contributed by atoms with Gasteiger partial charge in [0.2, 0.25) is 5.88 Å². The summed E-state index contributed by atoms with van der Waals surface area (Å²) in [6.07, 6.45) is 3.49. The molecule has 0 saturated carbocycles. The molecule has 0 saturated heterocycles. The van der Waals surface area contributed by atoms with Crippen LogP contribution in [0.25, 0.3) is 33.7 Å². The number of hydrogen-bond donors (Lipinski definition) is 3. The van der Waals surface area contributed by atoms with Crippen LogP contribution < -0.4 is 15.4 Å². The van der Waals surface area contributed by atoms with Crippen molar-refractivity contribution < 1.29 is 13.9 Å². The van der Waals surface area contributed by atoms with Crippen molar-refractivity contribution in [1.82, 2.24) is 9.97 Å². The number of pyridine rings is 1. The van der Waals surface area contributed by atoms with Gasteiger partial charge >= 0.3 is 0 Å². The van der Waals surface area contributed by atoms with E-state index in [-0.39, 0.29) is 11.6 Å². The molecule has 0 bridgehead atoms. The van der Waals surface area contributed by atoms with Gasteiger partial charge in [0.1, 0.15) is 18.1 Å². The Morgan fingerprint density at radius 2 is 1.94 bits per heavy atom. The second kappa shape index (κ2) is 7.20. The second-order valence-electron chi connectivity index (χ2n) is 8.36. The zero-order chi connectivity index (χ0) is 22.7. The number of carbonyl (C=O) groups excluding carboxylic acids is 1. The molecule has 2 aliphatic heterocycles. The van der Waals surface area contributed by atoms with Crippen molar-refractivity contribution >= 4 is 39.8 Å². The van der Waals surface area contributed by atoms with Crippen molar-refractivity contribution in [1.29, 1.82) is 0 Å². The van der Waals surface area contributed by atoms with E-state index in [0.717, 1.165) is 39.0 Å². The predicted octanol–water partition coefficient (Wildman–Crippen LogP) is 5.28. The third-order valence-electron chi connectivity index (χ3n) is 6.38. The Hall–Kier alpha value is -4.13. The number of nitrogens with zero attached hydrogens (tertiary/aromatic N) is 1. The summed E-state index contributed by atoms with van der Waals surface area (Å²) in [6, 6.07) is 11.3. The summed E-state index contributed by atoms with van der Waals surface area (Å²) in [5.74, 6) is -0.239. The number of hydrogen-bond acceptors (Lipinski definition) is 4. The number of rotatable bonds is 2. The number of aromatic nitrogens is 2. The third kappa shape index (κ3) is 3.00. The molecule has 6 nitrogen and oxygen atoms in total. The van der Waals surface area contributed by atoms with Crippen LogP contribution in [-0.4, -0.2) is 29.0 Å². The normalized spacial score (nSPS) is 15.7. The number of aromatic amines is 1. The lowest BCUT2D eigenvalue weighted by atomic mass is 9.90. The van der Waals surface area contributed by atoms with Crippen LogP contribution in [-0.2, 0) is 4.79 Å². The fourth-order valence-corrected chi connectivity index (χ4v) is 4.74. The molecule has 0 atom stereocenters. The largest absolute Gasteiger partial charge is 0.474 e. The highest BCUT2D eigenvalue weighted by Gasteiger charge is 2.31. The maximum atomic E-state index is 15.2. The minimum atomic E-state index is -0.472. The number of halogens is 1. The Morgan fingerprint density at radius 1 is 1.09 bits per heavy atom. The quantitative estimate of drug-likeness (QED) is 0.371. The number of para-hydroxylation sites is 1. The molecular formula is C26H21FN4O2. The van der Waals surface area contributed by atoms with Gasteiger partial charge in [-0.2, -0.15) is 0 Å². The first kappa shape index (κ1) is 19.5. The lowest BCUT2D eigenvalue weighted by molar-refractivity contribution is -0.110. The number of amides is 1. The molecule has 2 aliphatic rings. The second-order valence-corrected chi connectivity index (χ2v) is 8.36. The number of ether oxygens (including phenoxy) is 1. The van der Waals surface area contributed by atoms with Gasteiger partial charge in [0.15, 0.2) is 0 Å². The lowest BCUT2D eigenvalue weighted by Gasteiger charge is -2.22. The molecule has 33 heavy (non-hydrogen) atoms. The van der Waals surface area contributed by atoms with Gasteiger partial charge in [0, 0.05) is 35.1 Å².